The van der Waals surface area contributed by atoms with Gasteiger partial charge in [-0.15, -0.1) is 0 Å². The minimum Gasteiger partial charge on any atom is -0.481 e. The van der Waals surface area contributed by atoms with Crippen LogP contribution in [0.1, 0.15) is 18.1 Å². The highest BCUT2D eigenvalue weighted by molar-refractivity contribution is 7.89. The van der Waals surface area contributed by atoms with Gasteiger partial charge in [0.15, 0.2) is 5.60 Å². The van der Waals surface area contributed by atoms with E-state index in [2.05, 4.69) is 0 Å². The summed E-state index contributed by atoms with van der Waals surface area (Å²) in [6, 6.07) is 21.3. The number of carboxylic acid groups (broad SMARTS) is 1. The lowest BCUT2D eigenvalue weighted by Gasteiger charge is -2.48. The summed E-state index contributed by atoms with van der Waals surface area (Å²) in [6.07, 6.45) is 0.236. The quantitative estimate of drug-likeness (QED) is 0.538. The number of halogens is 1. The van der Waals surface area contributed by atoms with Gasteiger partial charge in [0.25, 0.3) is 0 Å². The highest BCUT2D eigenvalue weighted by Crippen LogP contribution is 2.40. The van der Waals surface area contributed by atoms with Crippen LogP contribution in [0.4, 0.5) is 4.39 Å². The summed E-state index contributed by atoms with van der Waals surface area (Å²) in [7, 11) is -3.81. The van der Waals surface area contributed by atoms with Crippen molar-refractivity contribution in [3.8, 4) is 5.75 Å². The Morgan fingerprint density at radius 3 is 2.36 bits per heavy atom. The van der Waals surface area contributed by atoms with Crippen LogP contribution < -0.4 is 4.74 Å². The van der Waals surface area contributed by atoms with Gasteiger partial charge in [-0.05, 0) is 53.9 Å². The van der Waals surface area contributed by atoms with Crippen LogP contribution in [0.3, 0.4) is 0 Å². The zero-order valence-corrected chi connectivity index (χ0v) is 18.8. The Balaban J connectivity index is 1.58. The first-order valence-corrected chi connectivity index (χ1v) is 12.0. The van der Waals surface area contributed by atoms with E-state index < -0.39 is 27.5 Å². The molecule has 4 rings (SSSR count). The molecule has 3 aromatic rings. The van der Waals surface area contributed by atoms with Gasteiger partial charge in [0, 0.05) is 0 Å². The van der Waals surface area contributed by atoms with Crippen LogP contribution in [0.25, 0.3) is 0 Å². The van der Waals surface area contributed by atoms with Crippen molar-refractivity contribution in [3.63, 3.8) is 0 Å². The molecule has 0 radical (unpaired) electrons. The predicted octanol–water partition coefficient (Wildman–Crippen LogP) is 4.07. The van der Waals surface area contributed by atoms with Gasteiger partial charge in [0.2, 0.25) is 10.0 Å². The van der Waals surface area contributed by atoms with Crippen molar-refractivity contribution in [3.05, 3.63) is 95.8 Å². The Bertz CT molecular complexity index is 1240. The largest absolute Gasteiger partial charge is 0.481 e. The molecule has 1 saturated heterocycles. The number of hydrogen-bond donors (Lipinski definition) is 1. The number of benzene rings is 3. The van der Waals surface area contributed by atoms with Crippen LogP contribution in [-0.4, -0.2) is 36.9 Å². The van der Waals surface area contributed by atoms with Gasteiger partial charge in [-0.25, -0.2) is 12.8 Å². The first-order chi connectivity index (χ1) is 15.7. The third kappa shape index (κ3) is 4.77. The highest BCUT2D eigenvalue weighted by atomic mass is 32.2. The van der Waals surface area contributed by atoms with Crippen LogP contribution >= 0.6 is 0 Å². The van der Waals surface area contributed by atoms with Crippen molar-refractivity contribution in [2.45, 2.75) is 23.8 Å². The van der Waals surface area contributed by atoms with E-state index in [0.717, 1.165) is 5.56 Å². The molecule has 6 nitrogen and oxygen atoms in total. The monoisotopic (exact) mass is 469 g/mol. The molecule has 0 amide bonds. The van der Waals surface area contributed by atoms with Gasteiger partial charge in [-0.2, -0.15) is 4.31 Å². The van der Waals surface area contributed by atoms with Crippen molar-refractivity contribution in [1.82, 2.24) is 4.31 Å². The predicted molar refractivity (Wildman–Crippen MR) is 121 cm³/mol. The molecule has 33 heavy (non-hydrogen) atoms. The number of ether oxygens (including phenoxy) is 1. The second-order valence-electron chi connectivity index (χ2n) is 8.28. The number of carboxylic acids is 1. The van der Waals surface area contributed by atoms with E-state index in [9.17, 15) is 17.6 Å². The first kappa shape index (κ1) is 22.9. The van der Waals surface area contributed by atoms with Gasteiger partial charge in [0.05, 0.1) is 23.9 Å². The summed E-state index contributed by atoms with van der Waals surface area (Å²) >= 11 is 0. The SMILES string of the molecule is C[C@@H](Cc1cccc(S(=O)(=O)N2CC(Oc3ccc(F)cc3)(c3ccccc3)C2)c1)C(=O)O. The Labute approximate surface area is 192 Å². The molecule has 0 spiro atoms. The zero-order chi connectivity index (χ0) is 23.6. The van der Waals surface area contributed by atoms with Gasteiger partial charge in [-0.3, -0.25) is 4.79 Å². The Kier molecular flexibility index (Phi) is 6.23. The van der Waals surface area contributed by atoms with E-state index in [1.807, 2.05) is 30.3 Å². The van der Waals surface area contributed by atoms with E-state index in [1.54, 1.807) is 19.1 Å². The fraction of sp³-hybridized carbons (Fsp3) is 0.240. The molecule has 1 atom stereocenters. The van der Waals surface area contributed by atoms with E-state index in [1.165, 1.54) is 40.7 Å². The summed E-state index contributed by atoms with van der Waals surface area (Å²) in [4.78, 5) is 11.3. The van der Waals surface area contributed by atoms with Crippen LogP contribution in [0.2, 0.25) is 0 Å². The number of hydrogen-bond acceptors (Lipinski definition) is 4. The van der Waals surface area contributed by atoms with E-state index in [0.29, 0.717) is 11.3 Å². The van der Waals surface area contributed by atoms with E-state index in [-0.39, 0.29) is 30.2 Å². The van der Waals surface area contributed by atoms with E-state index >= 15 is 0 Å². The number of carbonyl (C=O) groups is 1. The fourth-order valence-electron chi connectivity index (χ4n) is 3.89. The molecule has 3 aromatic carbocycles. The maximum atomic E-state index is 13.3. The number of aliphatic carboxylic acids is 1. The molecule has 8 heteroatoms. The maximum Gasteiger partial charge on any atom is 0.306 e. The van der Waals surface area contributed by atoms with Crippen LogP contribution in [0.5, 0.6) is 5.75 Å². The molecule has 0 saturated carbocycles. The molecule has 0 aromatic heterocycles. The third-order valence-electron chi connectivity index (χ3n) is 5.79. The molecule has 0 bridgehead atoms. The van der Waals surface area contributed by atoms with Crippen molar-refractivity contribution >= 4 is 16.0 Å². The minimum atomic E-state index is -3.81. The molecular weight excluding hydrogens is 445 g/mol. The van der Waals surface area contributed by atoms with Crippen molar-refractivity contribution < 1.29 is 27.4 Å². The maximum absolute atomic E-state index is 13.3. The van der Waals surface area contributed by atoms with Gasteiger partial charge >= 0.3 is 5.97 Å². The van der Waals surface area contributed by atoms with Crippen LogP contribution in [0.15, 0.2) is 83.8 Å². The molecule has 0 aliphatic carbocycles. The van der Waals surface area contributed by atoms with Gasteiger partial charge < -0.3 is 9.84 Å². The standard InChI is InChI=1S/C25H24FNO5S/c1-18(24(28)29)14-19-6-5-9-23(15-19)33(30,31)27-16-25(17-27,20-7-3-2-4-8-20)32-22-12-10-21(26)11-13-22/h2-13,15,18H,14,16-17H2,1H3,(H,28,29)/t18-/m0/s1. The molecule has 1 N–H and O–H groups in total. The summed E-state index contributed by atoms with van der Waals surface area (Å²) in [6.45, 7) is 1.76. The summed E-state index contributed by atoms with van der Waals surface area (Å²) in [5.41, 5.74) is 0.565. The summed E-state index contributed by atoms with van der Waals surface area (Å²) in [5.74, 6) is -1.49. The Hall–Kier alpha value is -3.23. The second-order valence-corrected chi connectivity index (χ2v) is 10.2. The van der Waals surface area contributed by atoms with Crippen LogP contribution in [-0.2, 0) is 26.8 Å². The Morgan fingerprint density at radius 1 is 1.06 bits per heavy atom. The van der Waals surface area contributed by atoms with Crippen LogP contribution in [0, 0.1) is 11.7 Å². The fourth-order valence-corrected chi connectivity index (χ4v) is 5.50. The van der Waals surface area contributed by atoms with Crippen molar-refractivity contribution in [2.24, 2.45) is 5.92 Å². The van der Waals surface area contributed by atoms with Crippen molar-refractivity contribution in [2.75, 3.05) is 13.1 Å². The number of rotatable bonds is 8. The smallest absolute Gasteiger partial charge is 0.306 e. The molecular formula is C25H24FNO5S. The minimum absolute atomic E-state index is 0.0898. The zero-order valence-electron chi connectivity index (χ0n) is 18.0. The lowest BCUT2D eigenvalue weighted by Crippen LogP contribution is -2.64. The third-order valence-corrected chi connectivity index (χ3v) is 7.58. The Morgan fingerprint density at radius 2 is 1.73 bits per heavy atom. The molecule has 172 valence electrons. The molecule has 0 unspecified atom stereocenters. The van der Waals surface area contributed by atoms with Gasteiger partial charge in [-0.1, -0.05) is 49.4 Å². The number of sulfonamides is 1. The summed E-state index contributed by atoms with van der Waals surface area (Å²) in [5, 5.41) is 9.15. The summed E-state index contributed by atoms with van der Waals surface area (Å²) < 4.78 is 47.5. The van der Waals surface area contributed by atoms with E-state index in [4.69, 9.17) is 9.84 Å². The van der Waals surface area contributed by atoms with Crippen molar-refractivity contribution in [1.29, 1.82) is 0 Å². The average Bonchev–Trinajstić information content (AvgIpc) is 2.78. The second kappa shape index (κ2) is 8.96. The highest BCUT2D eigenvalue weighted by Gasteiger charge is 2.52. The first-order valence-electron chi connectivity index (χ1n) is 10.5. The normalized spacial score (nSPS) is 16.5. The molecule has 1 fully saturated rings. The average molecular weight is 470 g/mol. The lowest BCUT2D eigenvalue weighted by molar-refractivity contribution is -0.141. The lowest BCUT2D eigenvalue weighted by atomic mass is 9.87. The number of nitrogens with zero attached hydrogens (tertiary/aromatic N) is 1. The van der Waals surface area contributed by atoms with Gasteiger partial charge in [0.1, 0.15) is 11.6 Å². The molecule has 1 aliphatic heterocycles. The topological polar surface area (TPSA) is 83.9 Å². The molecule has 1 heterocycles. The molecule has 1 aliphatic rings.